The molecular formula is C13H20BrN3O. The summed E-state index contributed by atoms with van der Waals surface area (Å²) in [6.07, 6.45) is 2.12. The van der Waals surface area contributed by atoms with Crippen LogP contribution in [0.2, 0.25) is 0 Å². The van der Waals surface area contributed by atoms with Gasteiger partial charge in [0.25, 0.3) is 0 Å². The van der Waals surface area contributed by atoms with Gasteiger partial charge in [-0.15, -0.1) is 0 Å². The van der Waals surface area contributed by atoms with Crippen molar-refractivity contribution in [2.45, 2.75) is 46.7 Å². The number of amides is 1. The Balaban J connectivity index is 2.20. The number of aryl methyl sites for hydroxylation is 2. The number of rotatable bonds is 3. The Bertz CT molecular complexity index is 455. The molecule has 1 unspecified atom stereocenters. The van der Waals surface area contributed by atoms with Crippen molar-refractivity contribution in [1.82, 2.24) is 14.7 Å². The maximum absolute atomic E-state index is 12.1. The average molecular weight is 314 g/mol. The summed E-state index contributed by atoms with van der Waals surface area (Å²) in [5.41, 5.74) is 2.10. The minimum absolute atomic E-state index is 0.164. The van der Waals surface area contributed by atoms with Gasteiger partial charge >= 0.3 is 0 Å². The maximum atomic E-state index is 12.1. The van der Waals surface area contributed by atoms with E-state index >= 15 is 0 Å². The van der Waals surface area contributed by atoms with E-state index in [0.29, 0.717) is 6.54 Å². The zero-order valence-corrected chi connectivity index (χ0v) is 12.8. The molecule has 0 bridgehead atoms. The van der Waals surface area contributed by atoms with Crippen LogP contribution < -0.4 is 0 Å². The number of likely N-dealkylation sites (tertiary alicyclic amines) is 1. The average Bonchev–Trinajstić information content (AvgIpc) is 2.62. The van der Waals surface area contributed by atoms with E-state index in [9.17, 15) is 4.79 Å². The van der Waals surface area contributed by atoms with Crippen molar-refractivity contribution in [3.63, 3.8) is 0 Å². The molecular weight excluding hydrogens is 294 g/mol. The Labute approximate surface area is 116 Å². The molecule has 1 amide bonds. The van der Waals surface area contributed by atoms with Gasteiger partial charge in [-0.1, -0.05) is 6.92 Å². The molecule has 1 atom stereocenters. The van der Waals surface area contributed by atoms with Crippen LogP contribution >= 0.6 is 15.9 Å². The lowest BCUT2D eigenvalue weighted by molar-refractivity contribution is -0.138. The predicted octanol–water partition coefficient (Wildman–Crippen LogP) is 2.73. The lowest BCUT2D eigenvalue weighted by atomic mass is 9.99. The number of halogens is 1. The SMILES string of the molecule is CCn1nc(C)c(Br)c1CN1CCCC(C)C1=O. The highest BCUT2D eigenvalue weighted by Gasteiger charge is 2.26. The van der Waals surface area contributed by atoms with E-state index < -0.39 is 0 Å². The van der Waals surface area contributed by atoms with E-state index in [1.807, 2.05) is 23.4 Å². The molecule has 0 aliphatic carbocycles. The van der Waals surface area contributed by atoms with Gasteiger partial charge < -0.3 is 4.90 Å². The van der Waals surface area contributed by atoms with Gasteiger partial charge in [0.2, 0.25) is 5.91 Å². The molecule has 0 saturated carbocycles. The molecule has 1 aliphatic heterocycles. The van der Waals surface area contributed by atoms with Gasteiger partial charge in [-0.2, -0.15) is 5.10 Å². The largest absolute Gasteiger partial charge is 0.337 e. The number of hydrogen-bond donors (Lipinski definition) is 0. The van der Waals surface area contributed by atoms with Crippen molar-refractivity contribution < 1.29 is 4.79 Å². The van der Waals surface area contributed by atoms with E-state index in [1.54, 1.807) is 0 Å². The molecule has 1 aromatic rings. The molecule has 1 saturated heterocycles. The Morgan fingerprint density at radius 3 is 2.89 bits per heavy atom. The normalized spacial score (nSPS) is 20.6. The third kappa shape index (κ3) is 2.46. The summed E-state index contributed by atoms with van der Waals surface area (Å²) in [7, 11) is 0. The fourth-order valence-corrected chi connectivity index (χ4v) is 2.90. The molecule has 0 spiro atoms. The van der Waals surface area contributed by atoms with E-state index in [-0.39, 0.29) is 11.8 Å². The maximum Gasteiger partial charge on any atom is 0.225 e. The fourth-order valence-electron chi connectivity index (χ4n) is 2.49. The van der Waals surface area contributed by atoms with Crippen LogP contribution in [0.4, 0.5) is 0 Å². The smallest absolute Gasteiger partial charge is 0.225 e. The second kappa shape index (κ2) is 5.43. The molecule has 2 heterocycles. The second-order valence-corrected chi connectivity index (χ2v) is 5.76. The zero-order valence-electron chi connectivity index (χ0n) is 11.2. The van der Waals surface area contributed by atoms with Crippen LogP contribution in [-0.4, -0.2) is 27.1 Å². The summed E-state index contributed by atoms with van der Waals surface area (Å²) in [6, 6.07) is 0. The number of nitrogens with zero attached hydrogens (tertiary/aromatic N) is 3. The number of piperidine rings is 1. The first kappa shape index (κ1) is 13.6. The van der Waals surface area contributed by atoms with E-state index in [4.69, 9.17) is 0 Å². The lowest BCUT2D eigenvalue weighted by Gasteiger charge is -2.30. The van der Waals surface area contributed by atoms with Crippen LogP contribution in [0.25, 0.3) is 0 Å². The molecule has 1 aliphatic rings. The highest BCUT2D eigenvalue weighted by Crippen LogP contribution is 2.25. The molecule has 0 aromatic carbocycles. The van der Waals surface area contributed by atoms with E-state index in [1.165, 1.54) is 0 Å². The van der Waals surface area contributed by atoms with Gasteiger partial charge in [0.15, 0.2) is 0 Å². The second-order valence-electron chi connectivity index (χ2n) is 4.96. The summed E-state index contributed by atoms with van der Waals surface area (Å²) in [5, 5.41) is 4.47. The van der Waals surface area contributed by atoms with Crippen LogP contribution in [0.15, 0.2) is 4.47 Å². The van der Waals surface area contributed by atoms with E-state index in [2.05, 4.69) is 28.0 Å². The molecule has 2 rings (SSSR count). The minimum atomic E-state index is 0.164. The first-order chi connectivity index (χ1) is 8.54. The minimum Gasteiger partial charge on any atom is -0.337 e. The van der Waals surface area contributed by atoms with Gasteiger partial charge in [-0.05, 0) is 42.6 Å². The van der Waals surface area contributed by atoms with Crippen LogP contribution in [0.3, 0.4) is 0 Å². The highest BCUT2D eigenvalue weighted by molar-refractivity contribution is 9.10. The number of hydrogen-bond acceptors (Lipinski definition) is 2. The van der Waals surface area contributed by atoms with Crippen LogP contribution in [-0.2, 0) is 17.9 Å². The number of aromatic nitrogens is 2. The van der Waals surface area contributed by atoms with Gasteiger partial charge in [0.1, 0.15) is 0 Å². The monoisotopic (exact) mass is 313 g/mol. The molecule has 100 valence electrons. The molecule has 5 heteroatoms. The molecule has 0 N–H and O–H groups in total. The third-order valence-electron chi connectivity index (χ3n) is 3.59. The summed E-state index contributed by atoms with van der Waals surface area (Å²) < 4.78 is 3.02. The molecule has 1 fully saturated rings. The third-order valence-corrected chi connectivity index (χ3v) is 4.62. The standard InChI is InChI=1S/C13H20BrN3O/c1-4-17-11(12(14)10(3)15-17)8-16-7-5-6-9(2)13(16)18/h9H,4-8H2,1-3H3. The Morgan fingerprint density at radius 2 is 2.22 bits per heavy atom. The van der Waals surface area contributed by atoms with Gasteiger partial charge in [-0.3, -0.25) is 9.48 Å². The first-order valence-corrected chi connectivity index (χ1v) is 7.34. The highest BCUT2D eigenvalue weighted by atomic mass is 79.9. The van der Waals surface area contributed by atoms with Gasteiger partial charge in [0, 0.05) is 19.0 Å². The summed E-state index contributed by atoms with van der Waals surface area (Å²) in [5.74, 6) is 0.436. The topological polar surface area (TPSA) is 38.1 Å². The van der Waals surface area contributed by atoms with Crippen molar-refractivity contribution in [2.24, 2.45) is 5.92 Å². The van der Waals surface area contributed by atoms with Crippen molar-refractivity contribution in [2.75, 3.05) is 6.54 Å². The molecule has 0 radical (unpaired) electrons. The number of carbonyl (C=O) groups is 1. The summed E-state index contributed by atoms with van der Waals surface area (Å²) in [6.45, 7) is 8.44. The Hall–Kier alpha value is -0.840. The van der Waals surface area contributed by atoms with Crippen molar-refractivity contribution in [1.29, 1.82) is 0 Å². The molecule has 18 heavy (non-hydrogen) atoms. The van der Waals surface area contributed by atoms with Crippen LogP contribution in [0.5, 0.6) is 0 Å². The van der Waals surface area contributed by atoms with Crippen molar-refractivity contribution >= 4 is 21.8 Å². The quantitative estimate of drug-likeness (QED) is 0.860. The van der Waals surface area contributed by atoms with E-state index in [0.717, 1.165) is 41.8 Å². The lowest BCUT2D eigenvalue weighted by Crippen LogP contribution is -2.40. The predicted molar refractivity (Wildman–Crippen MR) is 74.2 cm³/mol. The van der Waals surface area contributed by atoms with Gasteiger partial charge in [-0.25, -0.2) is 0 Å². The van der Waals surface area contributed by atoms with Crippen molar-refractivity contribution in [3.05, 3.63) is 15.9 Å². The zero-order chi connectivity index (χ0) is 13.3. The van der Waals surface area contributed by atoms with Crippen LogP contribution in [0.1, 0.15) is 38.1 Å². The van der Waals surface area contributed by atoms with Crippen LogP contribution in [0, 0.1) is 12.8 Å². The fraction of sp³-hybridized carbons (Fsp3) is 0.692. The Morgan fingerprint density at radius 1 is 1.50 bits per heavy atom. The molecule has 4 nitrogen and oxygen atoms in total. The summed E-state index contributed by atoms with van der Waals surface area (Å²) >= 11 is 3.58. The van der Waals surface area contributed by atoms with Crippen molar-refractivity contribution in [3.8, 4) is 0 Å². The Kier molecular flexibility index (Phi) is 4.10. The molecule has 1 aromatic heterocycles. The van der Waals surface area contributed by atoms with Gasteiger partial charge in [0.05, 0.1) is 22.4 Å². The summed E-state index contributed by atoms with van der Waals surface area (Å²) in [4.78, 5) is 14.1. The number of carbonyl (C=O) groups excluding carboxylic acids is 1. The first-order valence-electron chi connectivity index (χ1n) is 6.55.